The maximum Gasteiger partial charge on any atom is 0.251 e. The van der Waals surface area contributed by atoms with E-state index in [-0.39, 0.29) is 5.91 Å². The average Bonchev–Trinajstić information content (AvgIpc) is 3.53. The number of amides is 1. The van der Waals surface area contributed by atoms with Gasteiger partial charge in [-0.05, 0) is 43.2 Å². The van der Waals surface area contributed by atoms with E-state index in [2.05, 4.69) is 20.9 Å². The zero-order valence-electron chi connectivity index (χ0n) is 15.5. The molecule has 2 aliphatic rings. The van der Waals surface area contributed by atoms with Gasteiger partial charge in [-0.25, -0.2) is 4.98 Å². The van der Waals surface area contributed by atoms with Crippen molar-refractivity contribution in [2.45, 2.75) is 18.9 Å². The van der Waals surface area contributed by atoms with Gasteiger partial charge in [0.25, 0.3) is 5.91 Å². The first-order valence-corrected chi connectivity index (χ1v) is 9.41. The average molecular weight is 367 g/mol. The van der Waals surface area contributed by atoms with Gasteiger partial charge in [0.05, 0.1) is 12.8 Å². The van der Waals surface area contributed by atoms with E-state index in [0.717, 1.165) is 56.3 Å². The number of piperazine rings is 1. The molecule has 2 fully saturated rings. The normalized spacial score (nSPS) is 16.7. The van der Waals surface area contributed by atoms with Crippen LogP contribution in [0.2, 0.25) is 0 Å². The van der Waals surface area contributed by atoms with Gasteiger partial charge in [-0.2, -0.15) is 0 Å². The van der Waals surface area contributed by atoms with Crippen molar-refractivity contribution in [1.82, 2.24) is 15.6 Å². The van der Waals surface area contributed by atoms with E-state index in [1.54, 1.807) is 13.2 Å². The molecule has 4 rings (SSSR count). The molecule has 0 spiro atoms. The molecule has 0 atom stereocenters. The van der Waals surface area contributed by atoms with Crippen LogP contribution in [0.5, 0.6) is 5.75 Å². The van der Waals surface area contributed by atoms with Gasteiger partial charge in [0.15, 0.2) is 0 Å². The van der Waals surface area contributed by atoms with E-state index < -0.39 is 0 Å². The number of methoxy groups -OCH3 is 1. The second-order valence-corrected chi connectivity index (χ2v) is 6.91. The lowest BCUT2D eigenvalue weighted by molar-refractivity contribution is 0.0951. The maximum atomic E-state index is 12.4. The number of carbonyl (C=O) groups excluding carboxylic acids is 1. The van der Waals surface area contributed by atoms with E-state index >= 15 is 0 Å². The van der Waals surface area contributed by atoms with Gasteiger partial charge >= 0.3 is 0 Å². The van der Waals surface area contributed by atoms with E-state index in [0.29, 0.717) is 17.4 Å². The van der Waals surface area contributed by atoms with Crippen molar-refractivity contribution in [2.75, 3.05) is 43.5 Å². The number of anilines is 3. The van der Waals surface area contributed by atoms with Gasteiger partial charge < -0.3 is 25.6 Å². The third-order valence-electron chi connectivity index (χ3n) is 4.81. The highest BCUT2D eigenvalue weighted by Crippen LogP contribution is 2.29. The van der Waals surface area contributed by atoms with Gasteiger partial charge in [-0.3, -0.25) is 4.79 Å². The van der Waals surface area contributed by atoms with Crippen LogP contribution in [0.3, 0.4) is 0 Å². The summed E-state index contributed by atoms with van der Waals surface area (Å²) >= 11 is 0. The molecule has 0 bridgehead atoms. The first kappa shape index (κ1) is 17.6. The molecule has 0 unspecified atom stereocenters. The van der Waals surface area contributed by atoms with Crippen LogP contribution in [-0.4, -0.2) is 50.2 Å². The van der Waals surface area contributed by atoms with Crippen molar-refractivity contribution in [3.05, 3.63) is 42.0 Å². The zero-order valence-corrected chi connectivity index (χ0v) is 15.5. The Labute approximate surface area is 159 Å². The number of aromatic nitrogens is 1. The molecule has 142 valence electrons. The lowest BCUT2D eigenvalue weighted by atomic mass is 10.1. The van der Waals surface area contributed by atoms with Crippen LogP contribution in [0.25, 0.3) is 0 Å². The molecule has 1 aliphatic heterocycles. The number of ether oxygens (including phenoxy) is 1. The lowest BCUT2D eigenvalue weighted by Crippen LogP contribution is -2.43. The topological polar surface area (TPSA) is 78.5 Å². The van der Waals surface area contributed by atoms with Gasteiger partial charge in [0.2, 0.25) is 0 Å². The first-order chi connectivity index (χ1) is 13.2. The van der Waals surface area contributed by atoms with Crippen LogP contribution >= 0.6 is 0 Å². The number of benzene rings is 1. The Balaban J connectivity index is 1.54. The molecule has 27 heavy (non-hydrogen) atoms. The Bertz CT molecular complexity index is 816. The Morgan fingerprint density at radius 2 is 2.04 bits per heavy atom. The quantitative estimate of drug-likeness (QED) is 0.726. The fourth-order valence-electron chi connectivity index (χ4n) is 3.14. The monoisotopic (exact) mass is 367 g/mol. The summed E-state index contributed by atoms with van der Waals surface area (Å²) in [6.45, 7) is 3.81. The van der Waals surface area contributed by atoms with Crippen molar-refractivity contribution < 1.29 is 9.53 Å². The smallest absolute Gasteiger partial charge is 0.251 e. The summed E-state index contributed by atoms with van der Waals surface area (Å²) in [5.74, 6) is 2.30. The molecular weight excluding hydrogens is 342 g/mol. The highest BCUT2D eigenvalue weighted by Gasteiger charge is 2.24. The molecular formula is C20H25N5O2. The van der Waals surface area contributed by atoms with Crippen molar-refractivity contribution in [3.8, 4) is 5.75 Å². The van der Waals surface area contributed by atoms with Crippen LogP contribution < -0.4 is 25.6 Å². The summed E-state index contributed by atoms with van der Waals surface area (Å²) in [5.41, 5.74) is 1.34. The molecule has 1 aromatic carbocycles. The van der Waals surface area contributed by atoms with Crippen LogP contribution in [0.4, 0.5) is 17.3 Å². The molecule has 0 radical (unpaired) electrons. The summed E-state index contributed by atoms with van der Waals surface area (Å²) < 4.78 is 5.45. The summed E-state index contributed by atoms with van der Waals surface area (Å²) in [6.07, 6.45) is 2.13. The second-order valence-electron chi connectivity index (χ2n) is 6.91. The Kier molecular flexibility index (Phi) is 5.11. The van der Waals surface area contributed by atoms with Crippen molar-refractivity contribution in [3.63, 3.8) is 0 Å². The van der Waals surface area contributed by atoms with E-state index in [1.807, 2.05) is 30.3 Å². The largest absolute Gasteiger partial charge is 0.495 e. The molecule has 7 heteroatoms. The number of nitrogens with one attached hydrogen (secondary N) is 3. The van der Waals surface area contributed by atoms with Gasteiger partial charge in [-0.1, -0.05) is 6.07 Å². The lowest BCUT2D eigenvalue weighted by Gasteiger charge is -2.28. The fraction of sp³-hybridized carbons (Fsp3) is 0.400. The second kappa shape index (κ2) is 7.84. The minimum Gasteiger partial charge on any atom is -0.495 e. The predicted molar refractivity (Wildman–Crippen MR) is 106 cm³/mol. The summed E-state index contributed by atoms with van der Waals surface area (Å²) in [6, 6.07) is 11.7. The van der Waals surface area contributed by atoms with Crippen molar-refractivity contribution >= 4 is 23.2 Å². The van der Waals surface area contributed by atoms with Gasteiger partial charge in [0, 0.05) is 37.8 Å². The highest BCUT2D eigenvalue weighted by molar-refractivity contribution is 5.96. The van der Waals surface area contributed by atoms with Crippen molar-refractivity contribution in [1.29, 1.82) is 0 Å². The number of hydrogen-bond acceptors (Lipinski definition) is 6. The molecule has 1 saturated heterocycles. The minimum atomic E-state index is -0.0503. The van der Waals surface area contributed by atoms with Crippen LogP contribution in [0.1, 0.15) is 23.2 Å². The van der Waals surface area contributed by atoms with Gasteiger partial charge in [-0.15, -0.1) is 0 Å². The number of hydrogen-bond donors (Lipinski definition) is 3. The first-order valence-electron chi connectivity index (χ1n) is 9.41. The van der Waals surface area contributed by atoms with Gasteiger partial charge in [0.1, 0.15) is 17.4 Å². The van der Waals surface area contributed by atoms with Crippen LogP contribution in [-0.2, 0) is 0 Å². The Morgan fingerprint density at radius 1 is 1.22 bits per heavy atom. The molecule has 2 aromatic rings. The SMILES string of the molecule is COc1ccc(C(=O)NC2CC2)cc1Nc1cccc(N2CCNCC2)n1. The predicted octanol–water partition coefficient (Wildman–Crippen LogP) is 2.14. The highest BCUT2D eigenvalue weighted by atomic mass is 16.5. The summed E-state index contributed by atoms with van der Waals surface area (Å²) in [5, 5.41) is 9.67. The maximum absolute atomic E-state index is 12.4. The van der Waals surface area contributed by atoms with E-state index in [4.69, 9.17) is 9.72 Å². The molecule has 1 amide bonds. The van der Waals surface area contributed by atoms with Crippen molar-refractivity contribution in [2.24, 2.45) is 0 Å². The third kappa shape index (κ3) is 4.31. The molecule has 1 aromatic heterocycles. The fourth-order valence-corrected chi connectivity index (χ4v) is 3.14. The summed E-state index contributed by atoms with van der Waals surface area (Å²) in [7, 11) is 1.62. The molecule has 2 heterocycles. The van der Waals surface area contributed by atoms with E-state index in [9.17, 15) is 4.79 Å². The Morgan fingerprint density at radius 3 is 2.78 bits per heavy atom. The number of rotatable bonds is 6. The van der Waals surface area contributed by atoms with E-state index in [1.165, 1.54) is 0 Å². The zero-order chi connectivity index (χ0) is 18.6. The van der Waals surface area contributed by atoms with Crippen LogP contribution in [0.15, 0.2) is 36.4 Å². The molecule has 1 aliphatic carbocycles. The third-order valence-corrected chi connectivity index (χ3v) is 4.81. The number of nitrogens with zero attached hydrogens (tertiary/aromatic N) is 2. The molecule has 7 nitrogen and oxygen atoms in total. The number of pyridine rings is 1. The Hall–Kier alpha value is -2.80. The molecule has 3 N–H and O–H groups in total. The minimum absolute atomic E-state index is 0.0503. The standard InChI is InChI=1S/C20H25N5O2/c1-27-17-8-5-14(20(26)22-15-6-7-15)13-16(17)23-18-3-2-4-19(24-18)25-11-9-21-10-12-25/h2-5,8,13,15,21H,6-7,9-12H2,1H3,(H,22,26)(H,23,24). The number of carbonyl (C=O) groups is 1. The molecule has 1 saturated carbocycles. The summed E-state index contributed by atoms with van der Waals surface area (Å²) in [4.78, 5) is 19.3. The van der Waals surface area contributed by atoms with Crippen LogP contribution in [0, 0.1) is 0 Å².